The van der Waals surface area contributed by atoms with Gasteiger partial charge < -0.3 is 4.74 Å². The number of hydrogen-bond donors (Lipinski definition) is 0. The minimum atomic E-state index is 0.0683. The molecule has 0 aliphatic heterocycles. The summed E-state index contributed by atoms with van der Waals surface area (Å²) >= 11 is 0. The SMILES string of the molecule is CCCC(C(=O)OC)C12CC3CC(CC(C3)C1)C2. The summed E-state index contributed by atoms with van der Waals surface area (Å²) in [6.45, 7) is 2.19. The maximum absolute atomic E-state index is 12.2. The predicted octanol–water partition coefficient (Wildman–Crippen LogP) is 3.79. The zero-order valence-electron chi connectivity index (χ0n) is 11.8. The topological polar surface area (TPSA) is 26.3 Å². The normalized spacial score (nSPS) is 42.9. The van der Waals surface area contributed by atoms with Crippen LogP contribution >= 0.6 is 0 Å². The fraction of sp³-hybridized carbons (Fsp3) is 0.938. The maximum atomic E-state index is 12.2. The Balaban J connectivity index is 1.86. The van der Waals surface area contributed by atoms with Crippen LogP contribution in [0.25, 0.3) is 0 Å². The van der Waals surface area contributed by atoms with E-state index in [9.17, 15) is 4.79 Å². The first-order valence-electron chi connectivity index (χ1n) is 7.74. The van der Waals surface area contributed by atoms with Gasteiger partial charge in [0, 0.05) is 0 Å². The minimum Gasteiger partial charge on any atom is -0.469 e. The number of rotatable bonds is 4. The van der Waals surface area contributed by atoms with Crippen molar-refractivity contribution in [3.8, 4) is 0 Å². The van der Waals surface area contributed by atoms with Crippen molar-refractivity contribution in [1.29, 1.82) is 0 Å². The average molecular weight is 250 g/mol. The largest absolute Gasteiger partial charge is 0.469 e. The first-order valence-corrected chi connectivity index (χ1v) is 7.74. The van der Waals surface area contributed by atoms with Crippen molar-refractivity contribution in [2.75, 3.05) is 7.11 Å². The summed E-state index contributed by atoms with van der Waals surface area (Å²) in [7, 11) is 1.56. The van der Waals surface area contributed by atoms with E-state index in [1.165, 1.54) is 38.5 Å². The molecule has 0 aromatic heterocycles. The van der Waals surface area contributed by atoms with Crippen molar-refractivity contribution in [2.45, 2.75) is 58.3 Å². The highest BCUT2D eigenvalue weighted by Crippen LogP contribution is 2.63. The zero-order chi connectivity index (χ0) is 12.8. The van der Waals surface area contributed by atoms with Crippen molar-refractivity contribution >= 4 is 5.97 Å². The van der Waals surface area contributed by atoms with Crippen LogP contribution in [0.3, 0.4) is 0 Å². The van der Waals surface area contributed by atoms with Crippen LogP contribution in [0.2, 0.25) is 0 Å². The molecule has 1 unspecified atom stereocenters. The first-order chi connectivity index (χ1) is 8.66. The molecule has 0 radical (unpaired) electrons. The Morgan fingerprint density at radius 3 is 2.06 bits per heavy atom. The van der Waals surface area contributed by atoms with E-state index in [0.29, 0.717) is 5.41 Å². The second-order valence-corrected chi connectivity index (χ2v) is 7.14. The molecule has 4 rings (SSSR count). The summed E-state index contributed by atoms with van der Waals surface area (Å²) in [5.41, 5.74) is 0.317. The molecular formula is C16H26O2. The molecule has 2 nitrogen and oxygen atoms in total. The van der Waals surface area contributed by atoms with Crippen LogP contribution in [0.4, 0.5) is 0 Å². The Labute approximate surface area is 110 Å². The van der Waals surface area contributed by atoms with Crippen LogP contribution in [0.15, 0.2) is 0 Å². The van der Waals surface area contributed by atoms with Gasteiger partial charge in [-0.1, -0.05) is 13.3 Å². The molecule has 2 heteroatoms. The third-order valence-corrected chi connectivity index (χ3v) is 5.89. The minimum absolute atomic E-state index is 0.0683. The van der Waals surface area contributed by atoms with E-state index in [1.807, 2.05) is 0 Å². The molecule has 4 aliphatic carbocycles. The van der Waals surface area contributed by atoms with E-state index < -0.39 is 0 Å². The standard InChI is InChI=1S/C16H26O2/c1-3-4-14(15(17)18-2)16-8-11-5-12(9-16)7-13(6-11)10-16/h11-14H,3-10H2,1-2H3. The number of hydrogen-bond acceptors (Lipinski definition) is 2. The molecule has 4 bridgehead atoms. The van der Waals surface area contributed by atoms with Crippen LogP contribution in [0.5, 0.6) is 0 Å². The molecular weight excluding hydrogens is 224 g/mol. The molecule has 0 spiro atoms. The second-order valence-electron chi connectivity index (χ2n) is 7.14. The van der Waals surface area contributed by atoms with Gasteiger partial charge in [0.2, 0.25) is 0 Å². The lowest BCUT2D eigenvalue weighted by atomic mass is 9.46. The van der Waals surface area contributed by atoms with Gasteiger partial charge in [-0.05, 0) is 68.1 Å². The second kappa shape index (κ2) is 4.54. The van der Waals surface area contributed by atoms with E-state index in [-0.39, 0.29) is 11.9 Å². The third kappa shape index (κ3) is 1.88. The number of ether oxygens (including phenoxy) is 1. The van der Waals surface area contributed by atoms with Gasteiger partial charge in [0.05, 0.1) is 13.0 Å². The van der Waals surface area contributed by atoms with Crippen molar-refractivity contribution in [3.63, 3.8) is 0 Å². The van der Waals surface area contributed by atoms with Crippen molar-refractivity contribution in [1.82, 2.24) is 0 Å². The van der Waals surface area contributed by atoms with E-state index in [1.54, 1.807) is 7.11 Å². The zero-order valence-corrected chi connectivity index (χ0v) is 11.8. The summed E-state index contributed by atoms with van der Waals surface area (Å²) in [5.74, 6) is 3.00. The molecule has 0 saturated heterocycles. The maximum Gasteiger partial charge on any atom is 0.309 e. The smallest absolute Gasteiger partial charge is 0.309 e. The van der Waals surface area contributed by atoms with Gasteiger partial charge in [-0.2, -0.15) is 0 Å². The summed E-state index contributed by atoms with van der Waals surface area (Å²) in [6.07, 6.45) is 10.4. The number of esters is 1. The highest BCUT2D eigenvalue weighted by atomic mass is 16.5. The Morgan fingerprint density at radius 1 is 1.17 bits per heavy atom. The van der Waals surface area contributed by atoms with Gasteiger partial charge in [-0.15, -0.1) is 0 Å². The molecule has 0 heterocycles. The van der Waals surface area contributed by atoms with Crippen LogP contribution in [-0.4, -0.2) is 13.1 Å². The number of carbonyl (C=O) groups is 1. The molecule has 4 saturated carbocycles. The fourth-order valence-electron chi connectivity index (χ4n) is 5.71. The highest BCUT2D eigenvalue weighted by molar-refractivity contribution is 5.73. The summed E-state index contributed by atoms with van der Waals surface area (Å²) in [6, 6.07) is 0. The average Bonchev–Trinajstić information content (AvgIpc) is 2.33. The van der Waals surface area contributed by atoms with Gasteiger partial charge in [0.25, 0.3) is 0 Å². The monoisotopic (exact) mass is 250 g/mol. The molecule has 0 amide bonds. The van der Waals surface area contributed by atoms with Crippen LogP contribution in [0.1, 0.15) is 58.3 Å². The molecule has 0 aromatic carbocycles. The van der Waals surface area contributed by atoms with Gasteiger partial charge >= 0.3 is 5.97 Å². The predicted molar refractivity (Wildman–Crippen MR) is 71.0 cm³/mol. The Hall–Kier alpha value is -0.530. The number of carbonyl (C=O) groups excluding carboxylic acids is 1. The van der Waals surface area contributed by atoms with E-state index in [0.717, 1.165) is 30.6 Å². The molecule has 1 atom stereocenters. The van der Waals surface area contributed by atoms with Crippen molar-refractivity contribution in [2.24, 2.45) is 29.1 Å². The Kier molecular flexibility index (Phi) is 3.15. The molecule has 4 aliphatic rings. The lowest BCUT2D eigenvalue weighted by molar-refractivity contribution is -0.161. The quantitative estimate of drug-likeness (QED) is 0.710. The lowest BCUT2D eigenvalue weighted by Gasteiger charge is -2.59. The molecule has 4 fully saturated rings. The van der Waals surface area contributed by atoms with Crippen molar-refractivity contribution in [3.05, 3.63) is 0 Å². The van der Waals surface area contributed by atoms with Crippen LogP contribution in [0, 0.1) is 29.1 Å². The molecule has 18 heavy (non-hydrogen) atoms. The van der Waals surface area contributed by atoms with E-state index in [4.69, 9.17) is 4.74 Å². The molecule has 102 valence electrons. The summed E-state index contributed by atoms with van der Waals surface area (Å²) in [4.78, 5) is 12.2. The fourth-order valence-corrected chi connectivity index (χ4v) is 5.71. The van der Waals surface area contributed by atoms with E-state index in [2.05, 4.69) is 6.92 Å². The lowest BCUT2D eigenvalue weighted by Crippen LogP contribution is -2.51. The Bertz CT molecular complexity index is 299. The van der Waals surface area contributed by atoms with Crippen LogP contribution < -0.4 is 0 Å². The molecule has 0 N–H and O–H groups in total. The first kappa shape index (κ1) is 12.5. The Morgan fingerprint density at radius 2 is 1.67 bits per heavy atom. The summed E-state index contributed by atoms with van der Waals surface area (Å²) < 4.78 is 5.12. The summed E-state index contributed by atoms with van der Waals surface area (Å²) in [5, 5.41) is 0. The van der Waals surface area contributed by atoms with E-state index >= 15 is 0 Å². The van der Waals surface area contributed by atoms with Gasteiger partial charge in [0.1, 0.15) is 0 Å². The van der Waals surface area contributed by atoms with Crippen molar-refractivity contribution < 1.29 is 9.53 Å². The van der Waals surface area contributed by atoms with Gasteiger partial charge in [0.15, 0.2) is 0 Å². The number of methoxy groups -OCH3 is 1. The molecule has 0 aromatic rings. The highest BCUT2D eigenvalue weighted by Gasteiger charge is 2.55. The van der Waals surface area contributed by atoms with Crippen LogP contribution in [-0.2, 0) is 9.53 Å². The van der Waals surface area contributed by atoms with Gasteiger partial charge in [-0.25, -0.2) is 0 Å². The third-order valence-electron chi connectivity index (χ3n) is 5.89. The van der Waals surface area contributed by atoms with Gasteiger partial charge in [-0.3, -0.25) is 4.79 Å².